The Morgan fingerprint density at radius 3 is 2.58 bits per heavy atom. The van der Waals surface area contributed by atoms with Gasteiger partial charge in [0.15, 0.2) is 0 Å². The maximum Gasteiger partial charge on any atom is 0.247 e. The van der Waals surface area contributed by atoms with Gasteiger partial charge in [-0.3, -0.25) is 9.78 Å². The van der Waals surface area contributed by atoms with Gasteiger partial charge in [0.2, 0.25) is 5.91 Å². The van der Waals surface area contributed by atoms with Gasteiger partial charge in [-0.05, 0) is 32.9 Å². The van der Waals surface area contributed by atoms with Crippen LogP contribution in [0.5, 0.6) is 0 Å². The van der Waals surface area contributed by atoms with Crippen molar-refractivity contribution in [3.63, 3.8) is 0 Å². The molecule has 0 unspecified atom stereocenters. The summed E-state index contributed by atoms with van der Waals surface area (Å²) in [7, 11) is 1.83. The van der Waals surface area contributed by atoms with Crippen LogP contribution in [0.15, 0.2) is 18.3 Å². The molecule has 1 aromatic rings. The number of rotatable bonds is 2. The number of amides is 1. The smallest absolute Gasteiger partial charge is 0.247 e. The molecule has 1 aliphatic heterocycles. The minimum absolute atomic E-state index is 0.110. The van der Waals surface area contributed by atoms with E-state index in [2.05, 4.69) is 9.88 Å². The highest BCUT2D eigenvalue weighted by molar-refractivity contribution is 5.90. The molecule has 1 amide bonds. The van der Waals surface area contributed by atoms with E-state index in [-0.39, 0.29) is 5.91 Å². The molecule has 104 valence electrons. The highest BCUT2D eigenvalue weighted by Crippen LogP contribution is 2.28. The van der Waals surface area contributed by atoms with Crippen molar-refractivity contribution in [2.24, 2.45) is 0 Å². The number of piperazine rings is 1. The van der Waals surface area contributed by atoms with Gasteiger partial charge in [0.05, 0.1) is 23.7 Å². The number of likely N-dealkylation sites (N-methyl/N-ethyl adjacent to an activating group) is 1. The third kappa shape index (κ3) is 2.42. The van der Waals surface area contributed by atoms with Crippen molar-refractivity contribution in [1.82, 2.24) is 9.88 Å². The average Bonchev–Trinajstić information content (AvgIpc) is 2.36. The van der Waals surface area contributed by atoms with Crippen LogP contribution in [0.1, 0.15) is 32.6 Å². The van der Waals surface area contributed by atoms with Crippen LogP contribution in [0.2, 0.25) is 0 Å². The fraction of sp³-hybridized carbons (Fsp3) is 0.571. The van der Waals surface area contributed by atoms with Crippen molar-refractivity contribution in [3.8, 4) is 0 Å². The van der Waals surface area contributed by atoms with Crippen molar-refractivity contribution in [2.75, 3.05) is 25.0 Å². The molecule has 1 aliphatic rings. The van der Waals surface area contributed by atoms with Crippen molar-refractivity contribution >= 4 is 11.6 Å². The quantitative estimate of drug-likeness (QED) is 0.871. The highest BCUT2D eigenvalue weighted by atomic mass is 16.3. The number of aromatic nitrogens is 1. The molecular formula is C14H21N3O2. The van der Waals surface area contributed by atoms with Gasteiger partial charge in [0.25, 0.3) is 0 Å². The van der Waals surface area contributed by atoms with Crippen LogP contribution >= 0.6 is 0 Å². The zero-order valence-electron chi connectivity index (χ0n) is 11.9. The predicted octanol–water partition coefficient (Wildman–Crippen LogP) is 1.19. The van der Waals surface area contributed by atoms with Gasteiger partial charge in [-0.1, -0.05) is 0 Å². The Labute approximate surface area is 113 Å². The van der Waals surface area contributed by atoms with E-state index in [1.165, 1.54) is 0 Å². The Balaban J connectivity index is 2.28. The molecule has 0 aliphatic carbocycles. The molecule has 1 fully saturated rings. The lowest BCUT2D eigenvalue weighted by molar-refractivity contribution is -0.136. The highest BCUT2D eigenvalue weighted by Gasteiger charge is 2.40. The summed E-state index contributed by atoms with van der Waals surface area (Å²) in [4.78, 5) is 20.3. The summed E-state index contributed by atoms with van der Waals surface area (Å²) in [5.74, 6) is 0.110. The zero-order valence-corrected chi connectivity index (χ0v) is 11.9. The molecule has 0 radical (unpaired) electrons. The minimum Gasteiger partial charge on any atom is -0.387 e. The molecule has 19 heavy (non-hydrogen) atoms. The Morgan fingerprint density at radius 1 is 1.37 bits per heavy atom. The molecule has 0 saturated carbocycles. The molecule has 2 rings (SSSR count). The molecule has 0 bridgehead atoms. The number of anilines is 1. The maximum absolute atomic E-state index is 12.2. The third-order valence-electron chi connectivity index (χ3n) is 3.71. The molecule has 5 heteroatoms. The van der Waals surface area contributed by atoms with Gasteiger partial charge in [-0.25, -0.2) is 0 Å². The van der Waals surface area contributed by atoms with Gasteiger partial charge in [-0.15, -0.1) is 0 Å². The minimum atomic E-state index is -0.573. The molecule has 0 aromatic carbocycles. The first-order chi connectivity index (χ1) is 8.84. The van der Waals surface area contributed by atoms with E-state index in [1.807, 2.05) is 27.0 Å². The lowest BCUT2D eigenvalue weighted by Crippen LogP contribution is -2.62. The van der Waals surface area contributed by atoms with Crippen LogP contribution < -0.4 is 4.90 Å². The van der Waals surface area contributed by atoms with Crippen LogP contribution in [-0.4, -0.2) is 46.6 Å². The monoisotopic (exact) mass is 263 g/mol. The van der Waals surface area contributed by atoms with Crippen LogP contribution in [0.4, 0.5) is 5.69 Å². The summed E-state index contributed by atoms with van der Waals surface area (Å²) in [5.41, 5.74) is 0.985. The Bertz CT molecular complexity index is 468. The van der Waals surface area contributed by atoms with Crippen molar-refractivity contribution < 1.29 is 9.90 Å². The summed E-state index contributed by atoms with van der Waals surface area (Å²) in [6, 6.07) is 3.72. The fourth-order valence-electron chi connectivity index (χ4n) is 2.47. The summed E-state index contributed by atoms with van der Waals surface area (Å²) < 4.78 is 0. The van der Waals surface area contributed by atoms with Crippen LogP contribution in [-0.2, 0) is 4.79 Å². The van der Waals surface area contributed by atoms with Crippen molar-refractivity contribution in [2.45, 2.75) is 32.4 Å². The molecular weight excluding hydrogens is 242 g/mol. The Kier molecular flexibility index (Phi) is 3.49. The molecule has 5 nitrogen and oxygen atoms in total. The molecule has 1 N–H and O–H groups in total. The van der Waals surface area contributed by atoms with E-state index in [0.717, 1.165) is 12.2 Å². The number of pyridine rings is 1. The summed E-state index contributed by atoms with van der Waals surface area (Å²) >= 11 is 0. The second-order valence-corrected chi connectivity index (χ2v) is 5.55. The molecule has 1 saturated heterocycles. The zero-order chi connectivity index (χ0) is 14.2. The van der Waals surface area contributed by atoms with E-state index in [0.29, 0.717) is 12.2 Å². The molecule has 1 atom stereocenters. The summed E-state index contributed by atoms with van der Waals surface area (Å²) in [6.07, 6.45) is 1.15. The summed E-state index contributed by atoms with van der Waals surface area (Å²) in [5, 5.41) is 9.47. The van der Waals surface area contributed by atoms with Gasteiger partial charge >= 0.3 is 0 Å². The number of aliphatic hydroxyl groups is 1. The topological polar surface area (TPSA) is 56.7 Å². The maximum atomic E-state index is 12.2. The molecule has 1 aromatic heterocycles. The Hall–Kier alpha value is -1.62. The lowest BCUT2D eigenvalue weighted by atomic mass is 9.97. The van der Waals surface area contributed by atoms with E-state index >= 15 is 0 Å². The first kappa shape index (κ1) is 13.8. The van der Waals surface area contributed by atoms with Gasteiger partial charge in [0, 0.05) is 20.1 Å². The van der Waals surface area contributed by atoms with E-state index in [9.17, 15) is 9.90 Å². The molecule has 2 heterocycles. The Morgan fingerprint density at radius 2 is 2.05 bits per heavy atom. The second-order valence-electron chi connectivity index (χ2n) is 5.55. The van der Waals surface area contributed by atoms with Crippen molar-refractivity contribution in [1.29, 1.82) is 0 Å². The third-order valence-corrected chi connectivity index (χ3v) is 3.71. The lowest BCUT2D eigenvalue weighted by Gasteiger charge is -2.46. The van der Waals surface area contributed by atoms with Gasteiger partial charge < -0.3 is 14.9 Å². The largest absolute Gasteiger partial charge is 0.387 e. The summed E-state index contributed by atoms with van der Waals surface area (Å²) in [6.45, 7) is 7.03. The second kappa shape index (κ2) is 4.81. The van der Waals surface area contributed by atoms with E-state index < -0.39 is 11.6 Å². The normalized spacial score (nSPS) is 20.6. The fourth-order valence-corrected chi connectivity index (χ4v) is 2.47. The van der Waals surface area contributed by atoms with E-state index in [1.54, 1.807) is 24.1 Å². The first-order valence-electron chi connectivity index (χ1n) is 6.51. The number of nitrogens with zero attached hydrogens (tertiary/aromatic N) is 3. The number of aliphatic hydroxyl groups excluding tert-OH is 1. The van der Waals surface area contributed by atoms with Gasteiger partial charge in [0.1, 0.15) is 5.54 Å². The average molecular weight is 263 g/mol. The number of hydrogen-bond donors (Lipinski definition) is 1. The SMILES string of the molecule is C[C@@H](O)c1ccc(N2CCN(C)C(=O)C2(C)C)cn1. The number of carbonyl (C=O) groups is 1. The number of carbonyl (C=O) groups excluding carboxylic acids is 1. The van der Waals surface area contributed by atoms with Gasteiger partial charge in [-0.2, -0.15) is 0 Å². The van der Waals surface area contributed by atoms with Crippen LogP contribution in [0.3, 0.4) is 0 Å². The predicted molar refractivity (Wildman–Crippen MR) is 73.9 cm³/mol. The van der Waals surface area contributed by atoms with Crippen LogP contribution in [0.25, 0.3) is 0 Å². The van der Waals surface area contributed by atoms with E-state index in [4.69, 9.17) is 0 Å². The van der Waals surface area contributed by atoms with Crippen LogP contribution in [0, 0.1) is 0 Å². The molecule has 0 spiro atoms. The van der Waals surface area contributed by atoms with Crippen molar-refractivity contribution in [3.05, 3.63) is 24.0 Å². The standard InChI is InChI=1S/C14H21N3O2/c1-10(18)12-6-5-11(9-15-12)17-8-7-16(4)13(19)14(17,2)3/h5-6,9-10,18H,7-8H2,1-4H3/t10-/m1/s1. The first-order valence-corrected chi connectivity index (χ1v) is 6.51. The number of hydrogen-bond acceptors (Lipinski definition) is 4.